The first kappa shape index (κ1) is 13.5. The van der Waals surface area contributed by atoms with Gasteiger partial charge in [-0.2, -0.15) is 5.10 Å². The molecule has 1 fully saturated rings. The third-order valence-corrected chi connectivity index (χ3v) is 3.87. The summed E-state index contributed by atoms with van der Waals surface area (Å²) in [7, 11) is 1.97. The van der Waals surface area contributed by atoms with E-state index in [0.717, 1.165) is 25.5 Å². The first-order valence-corrected chi connectivity index (χ1v) is 7.04. The lowest BCUT2D eigenvalue weighted by atomic mass is 10.0. The van der Waals surface area contributed by atoms with E-state index in [1.165, 1.54) is 19.3 Å². The maximum atomic E-state index is 4.34. The molecule has 102 valence electrons. The molecule has 18 heavy (non-hydrogen) atoms. The van der Waals surface area contributed by atoms with Crippen LogP contribution in [0.4, 0.5) is 0 Å². The Hall–Kier alpha value is -0.940. The molecule has 5 nitrogen and oxygen atoms in total. The van der Waals surface area contributed by atoms with Gasteiger partial charge in [0.25, 0.3) is 0 Å². The highest BCUT2D eigenvalue weighted by Crippen LogP contribution is 2.15. The monoisotopic (exact) mass is 251 g/mol. The molecule has 1 aromatic rings. The van der Waals surface area contributed by atoms with Crippen LogP contribution in [0.5, 0.6) is 0 Å². The molecule has 5 heteroatoms. The lowest BCUT2D eigenvalue weighted by Gasteiger charge is -2.39. The number of rotatable bonds is 5. The molecule has 2 unspecified atom stereocenters. The summed E-state index contributed by atoms with van der Waals surface area (Å²) in [5, 5.41) is 7.81. The molecule has 1 N–H and O–H groups in total. The van der Waals surface area contributed by atoms with Gasteiger partial charge in [0.05, 0.1) is 6.54 Å². The second-order valence-electron chi connectivity index (χ2n) is 5.19. The molecule has 0 aliphatic carbocycles. The molecule has 1 aromatic heterocycles. The van der Waals surface area contributed by atoms with Crippen LogP contribution in [0.25, 0.3) is 0 Å². The molecule has 0 spiro atoms. The number of piperazine rings is 1. The van der Waals surface area contributed by atoms with E-state index in [9.17, 15) is 0 Å². The van der Waals surface area contributed by atoms with Gasteiger partial charge in [-0.3, -0.25) is 9.58 Å². The molecule has 1 aliphatic heterocycles. The van der Waals surface area contributed by atoms with Crippen LogP contribution in [-0.4, -0.2) is 44.8 Å². The molecule has 2 heterocycles. The highest BCUT2D eigenvalue weighted by Gasteiger charge is 2.27. The fraction of sp³-hybridized carbons (Fsp3) is 0.846. The summed E-state index contributed by atoms with van der Waals surface area (Å²) >= 11 is 0. The standard InChI is InChI=1S/C13H25N5/c1-4-6-11-8-18(12(5-2)7-14-11)9-13-15-10-16-17(13)3/h10-12,14H,4-9H2,1-3H3. The van der Waals surface area contributed by atoms with Gasteiger partial charge in [-0.15, -0.1) is 0 Å². The fourth-order valence-corrected chi connectivity index (χ4v) is 2.71. The Balaban J connectivity index is 2.00. The largest absolute Gasteiger partial charge is 0.311 e. The smallest absolute Gasteiger partial charge is 0.140 e. The van der Waals surface area contributed by atoms with Gasteiger partial charge in [-0.05, 0) is 12.8 Å². The fourth-order valence-electron chi connectivity index (χ4n) is 2.71. The van der Waals surface area contributed by atoms with Crippen molar-refractivity contribution in [1.82, 2.24) is 25.0 Å². The average Bonchev–Trinajstić information content (AvgIpc) is 2.76. The Labute approximate surface area is 110 Å². The van der Waals surface area contributed by atoms with Crippen LogP contribution in [0.1, 0.15) is 38.9 Å². The maximum absolute atomic E-state index is 4.34. The lowest BCUT2D eigenvalue weighted by Crippen LogP contribution is -2.55. The molecular formula is C13H25N5. The molecular weight excluding hydrogens is 226 g/mol. The zero-order valence-corrected chi connectivity index (χ0v) is 11.8. The molecule has 2 rings (SSSR count). The summed E-state index contributed by atoms with van der Waals surface area (Å²) in [6.07, 6.45) is 5.32. The van der Waals surface area contributed by atoms with Gasteiger partial charge >= 0.3 is 0 Å². The summed E-state index contributed by atoms with van der Waals surface area (Å²) in [6, 6.07) is 1.25. The van der Waals surface area contributed by atoms with Crippen molar-refractivity contribution in [3.05, 3.63) is 12.2 Å². The number of aromatic nitrogens is 3. The summed E-state index contributed by atoms with van der Waals surface area (Å²) in [6.45, 7) is 7.64. The van der Waals surface area contributed by atoms with Crippen molar-refractivity contribution in [3.63, 3.8) is 0 Å². The van der Waals surface area contributed by atoms with Crippen molar-refractivity contribution >= 4 is 0 Å². The molecule has 0 radical (unpaired) electrons. The van der Waals surface area contributed by atoms with E-state index in [0.29, 0.717) is 12.1 Å². The quantitative estimate of drug-likeness (QED) is 0.853. The number of nitrogens with zero attached hydrogens (tertiary/aromatic N) is 4. The normalized spacial score (nSPS) is 25.5. The summed E-state index contributed by atoms with van der Waals surface area (Å²) < 4.78 is 1.88. The average molecular weight is 251 g/mol. The van der Waals surface area contributed by atoms with Gasteiger partial charge in [0, 0.05) is 32.2 Å². The third-order valence-electron chi connectivity index (χ3n) is 3.87. The minimum atomic E-state index is 0.620. The number of hydrogen-bond donors (Lipinski definition) is 1. The van der Waals surface area contributed by atoms with Crippen molar-refractivity contribution in [1.29, 1.82) is 0 Å². The van der Waals surface area contributed by atoms with Crippen LogP contribution in [0, 0.1) is 0 Å². The summed E-state index contributed by atoms with van der Waals surface area (Å²) in [5.74, 6) is 1.06. The molecule has 0 bridgehead atoms. The molecule has 0 saturated carbocycles. The van der Waals surface area contributed by atoms with Crippen molar-refractivity contribution in [2.24, 2.45) is 7.05 Å². The predicted octanol–water partition coefficient (Wildman–Crippen LogP) is 1.17. The van der Waals surface area contributed by atoms with Crippen LogP contribution < -0.4 is 5.32 Å². The van der Waals surface area contributed by atoms with Gasteiger partial charge in [-0.1, -0.05) is 20.3 Å². The second kappa shape index (κ2) is 6.29. The van der Waals surface area contributed by atoms with Crippen LogP contribution in [0.2, 0.25) is 0 Å². The second-order valence-corrected chi connectivity index (χ2v) is 5.19. The Morgan fingerprint density at radius 2 is 2.28 bits per heavy atom. The summed E-state index contributed by atoms with van der Waals surface area (Å²) in [5.41, 5.74) is 0. The minimum Gasteiger partial charge on any atom is -0.311 e. The van der Waals surface area contributed by atoms with Crippen LogP contribution >= 0.6 is 0 Å². The van der Waals surface area contributed by atoms with Gasteiger partial charge < -0.3 is 5.32 Å². The van der Waals surface area contributed by atoms with E-state index >= 15 is 0 Å². The molecule has 2 atom stereocenters. The van der Waals surface area contributed by atoms with Gasteiger partial charge in [-0.25, -0.2) is 4.98 Å². The van der Waals surface area contributed by atoms with Crippen molar-refractivity contribution < 1.29 is 0 Å². The van der Waals surface area contributed by atoms with E-state index in [-0.39, 0.29) is 0 Å². The molecule has 1 aliphatic rings. The van der Waals surface area contributed by atoms with E-state index in [1.807, 2.05) is 11.7 Å². The topological polar surface area (TPSA) is 46.0 Å². The number of nitrogens with one attached hydrogen (secondary N) is 1. The molecule has 0 amide bonds. The highest BCUT2D eigenvalue weighted by molar-refractivity contribution is 4.90. The Bertz CT molecular complexity index is 362. The highest BCUT2D eigenvalue weighted by atomic mass is 15.3. The zero-order chi connectivity index (χ0) is 13.0. The molecule has 1 saturated heterocycles. The van der Waals surface area contributed by atoms with E-state index in [1.54, 1.807) is 6.33 Å². The van der Waals surface area contributed by atoms with Gasteiger partial charge in [0.2, 0.25) is 0 Å². The van der Waals surface area contributed by atoms with Crippen molar-refractivity contribution in [3.8, 4) is 0 Å². The zero-order valence-electron chi connectivity index (χ0n) is 11.8. The Kier molecular flexibility index (Phi) is 4.72. The third kappa shape index (κ3) is 3.09. The van der Waals surface area contributed by atoms with E-state index in [4.69, 9.17) is 0 Å². The van der Waals surface area contributed by atoms with Gasteiger partial charge in [0.1, 0.15) is 12.2 Å². The Morgan fingerprint density at radius 3 is 2.89 bits per heavy atom. The first-order valence-electron chi connectivity index (χ1n) is 7.04. The van der Waals surface area contributed by atoms with Crippen molar-refractivity contribution in [2.45, 2.75) is 51.7 Å². The first-order chi connectivity index (χ1) is 8.74. The predicted molar refractivity (Wildman–Crippen MR) is 72.2 cm³/mol. The maximum Gasteiger partial charge on any atom is 0.140 e. The molecule has 0 aromatic carbocycles. The van der Waals surface area contributed by atoms with Crippen LogP contribution in [0.15, 0.2) is 6.33 Å². The number of hydrogen-bond acceptors (Lipinski definition) is 4. The lowest BCUT2D eigenvalue weighted by molar-refractivity contribution is 0.111. The number of aryl methyl sites for hydroxylation is 1. The van der Waals surface area contributed by atoms with Crippen LogP contribution in [0.3, 0.4) is 0 Å². The van der Waals surface area contributed by atoms with Gasteiger partial charge in [0.15, 0.2) is 0 Å². The summed E-state index contributed by atoms with van der Waals surface area (Å²) in [4.78, 5) is 6.90. The van der Waals surface area contributed by atoms with E-state index in [2.05, 4.69) is 34.1 Å². The SMILES string of the molecule is CCCC1CN(Cc2ncnn2C)C(CC)CN1. The Morgan fingerprint density at radius 1 is 1.44 bits per heavy atom. The van der Waals surface area contributed by atoms with Crippen molar-refractivity contribution in [2.75, 3.05) is 13.1 Å². The van der Waals surface area contributed by atoms with E-state index < -0.39 is 0 Å². The minimum absolute atomic E-state index is 0.620. The van der Waals surface area contributed by atoms with Crippen LogP contribution in [-0.2, 0) is 13.6 Å².